The molecule has 0 amide bonds. The van der Waals surface area contributed by atoms with E-state index in [0.29, 0.717) is 41.1 Å². The van der Waals surface area contributed by atoms with Gasteiger partial charge in [0.2, 0.25) is 0 Å². The lowest BCUT2D eigenvalue weighted by Crippen LogP contribution is -2.17. The predicted molar refractivity (Wildman–Crippen MR) is 128 cm³/mol. The summed E-state index contributed by atoms with van der Waals surface area (Å²) in [4.78, 5) is 13.5. The zero-order valence-electron chi connectivity index (χ0n) is 19.5. The molecule has 0 bridgehead atoms. The monoisotopic (exact) mass is 442 g/mol. The highest BCUT2D eigenvalue weighted by molar-refractivity contribution is 7.34. The number of carbonyl (C=O) groups excluding carboxylic acids is 1. The van der Waals surface area contributed by atoms with Crippen molar-refractivity contribution in [2.24, 2.45) is 0 Å². The standard InChI is InChI=1S/C26H35O4P/c1-6-8-10-14-29-21-16-23(25(27)22-13-12-18(3)19(4)20(22)5)26(31-28)24(17-21)30-15-11-9-7-2/h12-13,16-17H,6-11,14-15H2,1-5H3. The second kappa shape index (κ2) is 12.6. The molecule has 4 nitrogen and oxygen atoms in total. The Bertz CT molecular complexity index is 905. The molecule has 31 heavy (non-hydrogen) atoms. The number of hydrogen-bond acceptors (Lipinski definition) is 4. The van der Waals surface area contributed by atoms with Gasteiger partial charge in [0.15, 0.2) is 14.2 Å². The summed E-state index contributed by atoms with van der Waals surface area (Å²) in [5.74, 6) is 0.890. The molecule has 2 aromatic carbocycles. The Kier molecular flexibility index (Phi) is 10.2. The van der Waals surface area contributed by atoms with Crippen molar-refractivity contribution in [2.45, 2.75) is 73.1 Å². The fraction of sp³-hybridized carbons (Fsp3) is 0.500. The van der Waals surface area contributed by atoms with Crippen LogP contribution >= 0.6 is 8.46 Å². The smallest absolute Gasteiger partial charge is 0.197 e. The molecule has 0 spiro atoms. The number of aryl methyl sites for hydroxylation is 1. The van der Waals surface area contributed by atoms with Gasteiger partial charge in [0.1, 0.15) is 11.5 Å². The van der Waals surface area contributed by atoms with E-state index in [9.17, 15) is 9.36 Å². The molecule has 0 saturated carbocycles. The van der Waals surface area contributed by atoms with Crippen LogP contribution in [0.1, 0.15) is 85.0 Å². The number of ketones is 1. The minimum atomic E-state index is -0.236. The summed E-state index contributed by atoms with van der Waals surface area (Å²) >= 11 is 0. The molecular formula is C26H35O4P. The van der Waals surface area contributed by atoms with Crippen LogP contribution in [-0.2, 0) is 4.57 Å². The number of ether oxygens (including phenoxy) is 2. The van der Waals surface area contributed by atoms with Gasteiger partial charge in [0.25, 0.3) is 0 Å². The van der Waals surface area contributed by atoms with Gasteiger partial charge in [-0.2, -0.15) is 0 Å². The molecule has 2 aromatic rings. The normalized spacial score (nSPS) is 11.0. The SMILES string of the molecule is CCCCCOc1cc(OCCCCC)c(P=O)c(C(=O)c2ccc(C)c(C)c2C)c1. The second-order valence-corrected chi connectivity index (χ2v) is 8.66. The summed E-state index contributed by atoms with van der Waals surface area (Å²) in [6.07, 6.45) is 6.21. The fourth-order valence-electron chi connectivity index (χ4n) is 3.47. The molecule has 0 fully saturated rings. The molecule has 0 aliphatic heterocycles. The van der Waals surface area contributed by atoms with Gasteiger partial charge in [-0.25, -0.2) is 0 Å². The topological polar surface area (TPSA) is 52.6 Å². The van der Waals surface area contributed by atoms with Crippen molar-refractivity contribution in [1.82, 2.24) is 0 Å². The zero-order chi connectivity index (χ0) is 22.8. The van der Waals surface area contributed by atoms with Gasteiger partial charge in [0, 0.05) is 17.2 Å². The maximum absolute atomic E-state index is 13.5. The van der Waals surface area contributed by atoms with E-state index in [4.69, 9.17) is 9.47 Å². The van der Waals surface area contributed by atoms with E-state index in [0.717, 1.165) is 55.2 Å². The van der Waals surface area contributed by atoms with Crippen LogP contribution in [0.3, 0.4) is 0 Å². The number of rotatable bonds is 13. The molecule has 0 N–H and O–H groups in total. The van der Waals surface area contributed by atoms with Crippen LogP contribution in [0.15, 0.2) is 24.3 Å². The van der Waals surface area contributed by atoms with Crippen LogP contribution in [0, 0.1) is 20.8 Å². The first-order valence-electron chi connectivity index (χ1n) is 11.3. The number of carbonyl (C=O) groups is 1. The predicted octanol–water partition coefficient (Wildman–Crippen LogP) is 6.90. The van der Waals surface area contributed by atoms with Crippen LogP contribution in [0.4, 0.5) is 0 Å². The third-order valence-electron chi connectivity index (χ3n) is 5.71. The molecular weight excluding hydrogens is 407 g/mol. The molecule has 0 aromatic heterocycles. The molecule has 0 unspecified atom stereocenters. The minimum Gasteiger partial charge on any atom is -0.493 e. The Hall–Kier alpha value is -2.19. The van der Waals surface area contributed by atoms with Crippen LogP contribution < -0.4 is 14.8 Å². The van der Waals surface area contributed by atoms with Crippen LogP contribution in [0.25, 0.3) is 0 Å². The highest BCUT2D eigenvalue weighted by Gasteiger charge is 2.22. The van der Waals surface area contributed by atoms with Gasteiger partial charge in [0.05, 0.1) is 18.5 Å². The Balaban J connectivity index is 2.45. The molecule has 0 aliphatic carbocycles. The quantitative estimate of drug-likeness (QED) is 0.192. The van der Waals surface area contributed by atoms with E-state index < -0.39 is 0 Å². The lowest BCUT2D eigenvalue weighted by molar-refractivity contribution is 0.103. The summed E-state index contributed by atoms with van der Waals surface area (Å²) in [7, 11) is -0.236. The highest BCUT2D eigenvalue weighted by atomic mass is 31.1. The number of benzene rings is 2. The van der Waals surface area contributed by atoms with Crippen molar-refractivity contribution in [3.63, 3.8) is 0 Å². The van der Waals surface area contributed by atoms with E-state index >= 15 is 0 Å². The minimum absolute atomic E-state index is 0.156. The highest BCUT2D eigenvalue weighted by Crippen LogP contribution is 2.28. The van der Waals surface area contributed by atoms with Crippen LogP contribution in [0.2, 0.25) is 0 Å². The maximum atomic E-state index is 13.5. The Morgan fingerprint density at radius 1 is 0.839 bits per heavy atom. The molecule has 0 aliphatic rings. The van der Waals surface area contributed by atoms with E-state index in [1.807, 2.05) is 32.9 Å². The van der Waals surface area contributed by atoms with Gasteiger partial charge < -0.3 is 9.47 Å². The lowest BCUT2D eigenvalue weighted by atomic mass is 9.93. The fourth-order valence-corrected chi connectivity index (χ4v) is 3.95. The molecule has 0 heterocycles. The van der Waals surface area contributed by atoms with E-state index in [1.54, 1.807) is 12.1 Å². The van der Waals surface area contributed by atoms with Crippen LogP contribution in [-0.4, -0.2) is 19.0 Å². The van der Waals surface area contributed by atoms with Gasteiger partial charge in [-0.1, -0.05) is 51.7 Å². The molecule has 168 valence electrons. The lowest BCUT2D eigenvalue weighted by Gasteiger charge is -2.16. The summed E-state index contributed by atoms with van der Waals surface area (Å²) in [6.45, 7) is 11.4. The molecule has 5 heteroatoms. The van der Waals surface area contributed by atoms with Gasteiger partial charge in [-0.05, 0) is 56.4 Å². The Morgan fingerprint density at radius 2 is 1.48 bits per heavy atom. The first-order chi connectivity index (χ1) is 14.9. The third-order valence-corrected chi connectivity index (χ3v) is 6.35. The van der Waals surface area contributed by atoms with Crippen molar-refractivity contribution in [2.75, 3.05) is 13.2 Å². The molecule has 0 saturated heterocycles. The van der Waals surface area contributed by atoms with E-state index in [-0.39, 0.29) is 14.2 Å². The average Bonchev–Trinajstić information content (AvgIpc) is 2.77. The maximum Gasteiger partial charge on any atom is 0.197 e. The number of hydrogen-bond donors (Lipinski definition) is 0. The first kappa shape index (κ1) is 25.1. The van der Waals surface area contributed by atoms with Gasteiger partial charge in [-0.3, -0.25) is 9.36 Å². The van der Waals surface area contributed by atoms with Crippen molar-refractivity contribution in [3.8, 4) is 11.5 Å². The van der Waals surface area contributed by atoms with Gasteiger partial charge in [-0.15, -0.1) is 0 Å². The number of unbranched alkanes of at least 4 members (excludes halogenated alkanes) is 4. The molecule has 0 atom stereocenters. The van der Waals surface area contributed by atoms with Crippen molar-refractivity contribution >= 4 is 19.5 Å². The van der Waals surface area contributed by atoms with Crippen molar-refractivity contribution in [3.05, 3.63) is 52.1 Å². The van der Waals surface area contributed by atoms with Gasteiger partial charge >= 0.3 is 0 Å². The van der Waals surface area contributed by atoms with E-state index in [2.05, 4.69) is 13.8 Å². The Labute approximate surface area is 188 Å². The summed E-state index contributed by atoms with van der Waals surface area (Å²) in [5.41, 5.74) is 4.17. The third kappa shape index (κ3) is 6.64. The first-order valence-corrected chi connectivity index (χ1v) is 12.1. The zero-order valence-corrected chi connectivity index (χ0v) is 20.4. The van der Waals surface area contributed by atoms with Crippen molar-refractivity contribution < 1.29 is 18.8 Å². The average molecular weight is 443 g/mol. The Morgan fingerprint density at radius 3 is 2.10 bits per heavy atom. The molecule has 0 radical (unpaired) electrons. The largest absolute Gasteiger partial charge is 0.493 e. The summed E-state index contributed by atoms with van der Waals surface area (Å²) in [5, 5.41) is 0.389. The molecule has 2 rings (SSSR count). The van der Waals surface area contributed by atoms with Crippen molar-refractivity contribution in [1.29, 1.82) is 0 Å². The van der Waals surface area contributed by atoms with Crippen LogP contribution in [0.5, 0.6) is 11.5 Å². The summed E-state index contributed by atoms with van der Waals surface area (Å²) < 4.78 is 24.0. The second-order valence-electron chi connectivity index (χ2n) is 8.03. The van der Waals surface area contributed by atoms with E-state index in [1.165, 1.54) is 0 Å². The summed E-state index contributed by atoms with van der Waals surface area (Å²) in [6, 6.07) is 7.28.